The molecule has 0 atom stereocenters. The summed E-state index contributed by atoms with van der Waals surface area (Å²) in [6.07, 6.45) is 0. The average molecular weight is 370 g/mol. The largest absolute Gasteiger partial charge is 0.455 e. The minimum atomic E-state index is -0.656. The van der Waals surface area contributed by atoms with E-state index < -0.39 is 5.97 Å². The molecule has 2 heterocycles. The van der Waals surface area contributed by atoms with E-state index in [0.29, 0.717) is 15.7 Å². The molecule has 0 bridgehead atoms. The molecule has 0 unspecified atom stereocenters. The molecule has 0 radical (unpaired) electrons. The van der Waals surface area contributed by atoms with Crippen LogP contribution < -0.4 is 5.56 Å². The van der Waals surface area contributed by atoms with Gasteiger partial charge in [-0.3, -0.25) is 4.79 Å². The van der Waals surface area contributed by atoms with E-state index in [4.69, 9.17) is 27.9 Å². The molecule has 6 nitrogen and oxygen atoms in total. The van der Waals surface area contributed by atoms with Crippen LogP contribution in [0.3, 0.4) is 0 Å². The van der Waals surface area contributed by atoms with Crippen LogP contribution in [0.1, 0.15) is 21.1 Å². The lowest BCUT2D eigenvalue weighted by atomic mass is 10.2. The molecule has 0 saturated heterocycles. The number of fused-ring (bicyclic) bond motifs is 1. The van der Waals surface area contributed by atoms with Crippen LogP contribution in [0.2, 0.25) is 10.0 Å². The SMILES string of the molecule is Cc1cc(=O)n2nc(COC(=O)c3c(Cl)cccc3Cl)sc2n1. The van der Waals surface area contributed by atoms with Gasteiger partial charge < -0.3 is 4.74 Å². The van der Waals surface area contributed by atoms with Gasteiger partial charge in [-0.05, 0) is 19.1 Å². The molecule has 0 amide bonds. The highest BCUT2D eigenvalue weighted by atomic mass is 35.5. The summed E-state index contributed by atoms with van der Waals surface area (Å²) < 4.78 is 6.34. The Morgan fingerprint density at radius 1 is 1.35 bits per heavy atom. The first-order chi connectivity index (χ1) is 11.0. The molecule has 9 heteroatoms. The zero-order valence-electron chi connectivity index (χ0n) is 11.7. The van der Waals surface area contributed by atoms with Gasteiger partial charge >= 0.3 is 5.97 Å². The molecule has 0 aliphatic carbocycles. The predicted octanol–water partition coefficient (Wildman–Crippen LogP) is 3.12. The van der Waals surface area contributed by atoms with Crippen LogP contribution >= 0.6 is 34.5 Å². The van der Waals surface area contributed by atoms with Crippen molar-refractivity contribution in [1.82, 2.24) is 14.6 Å². The zero-order chi connectivity index (χ0) is 16.6. The highest BCUT2D eigenvalue weighted by Gasteiger charge is 2.17. The Bertz CT molecular complexity index is 947. The predicted molar refractivity (Wildman–Crippen MR) is 87.5 cm³/mol. The topological polar surface area (TPSA) is 73.6 Å². The minimum absolute atomic E-state index is 0.100. The maximum atomic E-state index is 12.1. The minimum Gasteiger partial charge on any atom is -0.455 e. The zero-order valence-corrected chi connectivity index (χ0v) is 14.1. The summed E-state index contributed by atoms with van der Waals surface area (Å²) in [6.45, 7) is 1.62. The Labute approximate surface area is 144 Å². The molecule has 118 valence electrons. The van der Waals surface area contributed by atoms with E-state index in [1.165, 1.54) is 21.9 Å². The van der Waals surface area contributed by atoms with Crippen LogP contribution in [0.4, 0.5) is 0 Å². The number of aromatic nitrogens is 3. The van der Waals surface area contributed by atoms with Crippen molar-refractivity contribution in [1.29, 1.82) is 0 Å². The summed E-state index contributed by atoms with van der Waals surface area (Å²) in [4.78, 5) is 28.5. The Kier molecular flexibility index (Phi) is 4.34. The van der Waals surface area contributed by atoms with Gasteiger partial charge in [0.25, 0.3) is 5.56 Å². The van der Waals surface area contributed by atoms with Crippen LogP contribution in [0.5, 0.6) is 0 Å². The number of esters is 1. The third-order valence-electron chi connectivity index (χ3n) is 2.91. The van der Waals surface area contributed by atoms with E-state index in [2.05, 4.69) is 10.1 Å². The van der Waals surface area contributed by atoms with Gasteiger partial charge in [0.05, 0.1) is 15.6 Å². The summed E-state index contributed by atoms with van der Waals surface area (Å²) in [5.74, 6) is -0.656. The molecule has 23 heavy (non-hydrogen) atoms. The second-order valence-corrected chi connectivity index (χ2v) is 6.45. The second kappa shape index (κ2) is 6.27. The number of hydrogen-bond donors (Lipinski definition) is 0. The maximum absolute atomic E-state index is 12.1. The standard InChI is InChI=1S/C14H9Cl2N3O3S/c1-7-5-11(20)19-14(17-7)23-10(18-19)6-22-13(21)12-8(15)3-2-4-9(12)16/h2-5H,6H2,1H3. The van der Waals surface area contributed by atoms with Crippen molar-refractivity contribution in [3.8, 4) is 0 Å². The summed E-state index contributed by atoms with van der Waals surface area (Å²) >= 11 is 13.1. The van der Waals surface area contributed by atoms with Crippen molar-refractivity contribution >= 4 is 45.5 Å². The monoisotopic (exact) mass is 369 g/mol. The number of benzene rings is 1. The van der Waals surface area contributed by atoms with E-state index in [1.807, 2.05) is 0 Å². The summed E-state index contributed by atoms with van der Waals surface area (Å²) in [7, 11) is 0. The Balaban J connectivity index is 1.82. The van der Waals surface area contributed by atoms with Gasteiger partial charge in [-0.15, -0.1) is 0 Å². The number of hydrogen-bond acceptors (Lipinski definition) is 6. The third kappa shape index (κ3) is 3.21. The van der Waals surface area contributed by atoms with Crippen molar-refractivity contribution in [3.63, 3.8) is 0 Å². The molecule has 0 saturated carbocycles. The van der Waals surface area contributed by atoms with E-state index in [-0.39, 0.29) is 27.8 Å². The van der Waals surface area contributed by atoms with E-state index in [9.17, 15) is 9.59 Å². The fraction of sp³-hybridized carbons (Fsp3) is 0.143. The first kappa shape index (κ1) is 15.9. The number of carbonyl (C=O) groups is 1. The average Bonchev–Trinajstić information content (AvgIpc) is 2.88. The molecule has 3 rings (SSSR count). The highest BCUT2D eigenvalue weighted by Crippen LogP contribution is 2.25. The second-order valence-electron chi connectivity index (χ2n) is 4.60. The van der Waals surface area contributed by atoms with Crippen molar-refractivity contribution in [2.75, 3.05) is 0 Å². The van der Waals surface area contributed by atoms with Crippen LogP contribution in [-0.4, -0.2) is 20.6 Å². The summed E-state index contributed by atoms with van der Waals surface area (Å²) in [6, 6.07) is 6.11. The van der Waals surface area contributed by atoms with Gasteiger partial charge in [-0.2, -0.15) is 9.61 Å². The van der Waals surface area contributed by atoms with Gasteiger partial charge in [0, 0.05) is 11.8 Å². The summed E-state index contributed by atoms with van der Waals surface area (Å²) in [5.41, 5.74) is 0.420. The van der Waals surface area contributed by atoms with E-state index >= 15 is 0 Å². The Hall–Kier alpha value is -1.96. The fourth-order valence-electron chi connectivity index (χ4n) is 1.91. The first-order valence-electron chi connectivity index (χ1n) is 6.43. The van der Waals surface area contributed by atoms with Gasteiger partial charge in [0.1, 0.15) is 6.61 Å². The van der Waals surface area contributed by atoms with Gasteiger partial charge in [0.15, 0.2) is 5.01 Å². The fourth-order valence-corrected chi connectivity index (χ4v) is 3.32. The number of rotatable bonds is 3. The van der Waals surface area contributed by atoms with Gasteiger partial charge in [-0.1, -0.05) is 40.6 Å². The van der Waals surface area contributed by atoms with Crippen molar-refractivity contribution in [3.05, 3.63) is 60.9 Å². The maximum Gasteiger partial charge on any atom is 0.341 e. The number of ether oxygens (including phenoxy) is 1. The van der Waals surface area contributed by atoms with Crippen molar-refractivity contribution in [2.24, 2.45) is 0 Å². The molecule has 0 fully saturated rings. The normalized spacial score (nSPS) is 10.9. The van der Waals surface area contributed by atoms with Crippen LogP contribution in [0, 0.1) is 6.92 Å². The lowest BCUT2D eigenvalue weighted by Crippen LogP contribution is -2.14. The van der Waals surface area contributed by atoms with Crippen molar-refractivity contribution in [2.45, 2.75) is 13.5 Å². The number of nitrogens with zero attached hydrogens (tertiary/aromatic N) is 3. The molecular weight excluding hydrogens is 361 g/mol. The number of aryl methyl sites for hydroxylation is 1. The molecule has 0 N–H and O–H groups in total. The molecular formula is C14H9Cl2N3O3S. The van der Waals surface area contributed by atoms with E-state index in [1.54, 1.807) is 25.1 Å². The lowest BCUT2D eigenvalue weighted by molar-refractivity contribution is 0.0472. The summed E-state index contributed by atoms with van der Waals surface area (Å²) in [5, 5.41) is 4.94. The molecule has 0 spiro atoms. The van der Waals surface area contributed by atoms with Gasteiger partial charge in [0.2, 0.25) is 4.96 Å². The third-order valence-corrected chi connectivity index (χ3v) is 4.42. The van der Waals surface area contributed by atoms with Crippen LogP contribution in [0.15, 0.2) is 29.1 Å². The quantitative estimate of drug-likeness (QED) is 0.663. The first-order valence-corrected chi connectivity index (χ1v) is 8.00. The van der Waals surface area contributed by atoms with E-state index in [0.717, 1.165) is 0 Å². The lowest BCUT2D eigenvalue weighted by Gasteiger charge is -2.06. The molecule has 3 aromatic rings. The Morgan fingerprint density at radius 2 is 2.04 bits per heavy atom. The molecule has 0 aliphatic heterocycles. The molecule has 1 aromatic carbocycles. The van der Waals surface area contributed by atoms with Gasteiger partial charge in [-0.25, -0.2) is 9.78 Å². The Morgan fingerprint density at radius 3 is 2.74 bits per heavy atom. The smallest absolute Gasteiger partial charge is 0.341 e. The number of halogens is 2. The van der Waals surface area contributed by atoms with Crippen molar-refractivity contribution < 1.29 is 9.53 Å². The molecule has 2 aromatic heterocycles. The van der Waals surface area contributed by atoms with Crippen LogP contribution in [-0.2, 0) is 11.3 Å². The van der Waals surface area contributed by atoms with Crippen LogP contribution in [0.25, 0.3) is 4.96 Å². The molecule has 0 aliphatic rings. The highest BCUT2D eigenvalue weighted by molar-refractivity contribution is 7.16. The number of carbonyl (C=O) groups excluding carboxylic acids is 1.